The molecular formula is C7H8BrClOS. The number of thiophene rings is 1. The molecule has 1 aromatic heterocycles. The third-order valence-electron chi connectivity index (χ3n) is 1.19. The fraction of sp³-hybridized carbons (Fsp3) is 0.429. The summed E-state index contributed by atoms with van der Waals surface area (Å²) in [6.07, 6.45) is 0.382. The van der Waals surface area contributed by atoms with Gasteiger partial charge in [-0.1, -0.05) is 11.6 Å². The molecule has 0 aliphatic rings. The highest BCUT2D eigenvalue weighted by Gasteiger charge is 2.06. The van der Waals surface area contributed by atoms with Crippen LogP contribution in [-0.2, 0) is 6.42 Å². The summed E-state index contributed by atoms with van der Waals surface area (Å²) in [6, 6.07) is 1.94. The Bertz CT molecular complexity index is 227. The highest BCUT2D eigenvalue weighted by molar-refractivity contribution is 9.10. The molecule has 0 amide bonds. The molecule has 0 saturated heterocycles. The molecule has 0 radical (unpaired) electrons. The molecule has 0 bridgehead atoms. The molecule has 4 heteroatoms. The van der Waals surface area contributed by atoms with Crippen molar-refractivity contribution in [2.75, 3.05) is 0 Å². The van der Waals surface area contributed by atoms with E-state index in [4.69, 9.17) is 16.7 Å². The molecule has 0 aliphatic carbocycles. The van der Waals surface area contributed by atoms with Crippen LogP contribution in [0.15, 0.2) is 10.5 Å². The van der Waals surface area contributed by atoms with E-state index in [0.29, 0.717) is 6.42 Å². The monoisotopic (exact) mass is 254 g/mol. The van der Waals surface area contributed by atoms with Crippen molar-refractivity contribution in [2.24, 2.45) is 0 Å². The van der Waals surface area contributed by atoms with Gasteiger partial charge in [-0.2, -0.15) is 0 Å². The molecule has 0 aromatic carbocycles. The zero-order chi connectivity index (χ0) is 8.43. The summed E-state index contributed by atoms with van der Waals surface area (Å²) in [5.41, 5.74) is 0. The van der Waals surface area contributed by atoms with Crippen LogP contribution in [0.4, 0.5) is 0 Å². The van der Waals surface area contributed by atoms with Crippen LogP contribution in [0, 0.1) is 0 Å². The molecule has 1 nitrogen and oxygen atoms in total. The highest BCUT2D eigenvalue weighted by atomic mass is 79.9. The zero-order valence-corrected chi connectivity index (χ0v) is 9.13. The minimum atomic E-state index is -0.295. The van der Waals surface area contributed by atoms with E-state index in [2.05, 4.69) is 15.9 Å². The molecule has 1 rings (SSSR count). The van der Waals surface area contributed by atoms with Crippen LogP contribution >= 0.6 is 38.9 Å². The average Bonchev–Trinajstić information content (AvgIpc) is 2.10. The SMILES string of the molecule is C[C@H](O)Cc1cc(Br)c(Cl)s1. The van der Waals surface area contributed by atoms with Gasteiger partial charge in [0.05, 0.1) is 6.10 Å². The van der Waals surface area contributed by atoms with Gasteiger partial charge in [-0.25, -0.2) is 0 Å². The van der Waals surface area contributed by atoms with Gasteiger partial charge in [0.1, 0.15) is 4.34 Å². The number of aliphatic hydroxyl groups is 1. The normalized spacial score (nSPS) is 13.5. The van der Waals surface area contributed by atoms with Gasteiger partial charge >= 0.3 is 0 Å². The molecule has 1 N–H and O–H groups in total. The first-order chi connectivity index (χ1) is 5.09. The highest BCUT2D eigenvalue weighted by Crippen LogP contribution is 2.32. The van der Waals surface area contributed by atoms with E-state index < -0.39 is 0 Å². The van der Waals surface area contributed by atoms with Crippen molar-refractivity contribution in [1.29, 1.82) is 0 Å². The van der Waals surface area contributed by atoms with Crippen LogP contribution in [0.25, 0.3) is 0 Å². The van der Waals surface area contributed by atoms with E-state index in [1.807, 2.05) is 6.07 Å². The maximum absolute atomic E-state index is 9.05. The first-order valence-electron chi connectivity index (χ1n) is 3.21. The summed E-state index contributed by atoms with van der Waals surface area (Å²) in [7, 11) is 0. The maximum atomic E-state index is 9.05. The van der Waals surface area contributed by atoms with E-state index in [0.717, 1.165) is 13.7 Å². The summed E-state index contributed by atoms with van der Waals surface area (Å²) in [5.74, 6) is 0. The van der Waals surface area contributed by atoms with E-state index >= 15 is 0 Å². The van der Waals surface area contributed by atoms with Crippen molar-refractivity contribution in [2.45, 2.75) is 19.4 Å². The minimum Gasteiger partial charge on any atom is -0.393 e. The van der Waals surface area contributed by atoms with Crippen molar-refractivity contribution in [3.05, 3.63) is 19.8 Å². The Kier molecular flexibility index (Phi) is 3.37. The molecule has 0 aliphatic heterocycles. The zero-order valence-electron chi connectivity index (χ0n) is 5.97. The predicted molar refractivity (Wildman–Crippen MR) is 52.4 cm³/mol. The summed E-state index contributed by atoms with van der Waals surface area (Å²) in [4.78, 5) is 1.11. The van der Waals surface area contributed by atoms with Crippen molar-refractivity contribution in [3.8, 4) is 0 Å². The molecule has 0 saturated carbocycles. The molecule has 1 aromatic rings. The first kappa shape index (κ1) is 9.52. The fourth-order valence-electron chi connectivity index (χ4n) is 0.783. The van der Waals surface area contributed by atoms with Gasteiger partial charge in [0.2, 0.25) is 0 Å². The molecule has 0 unspecified atom stereocenters. The Hall–Kier alpha value is 0.430. The topological polar surface area (TPSA) is 20.2 Å². The van der Waals surface area contributed by atoms with Crippen molar-refractivity contribution in [1.82, 2.24) is 0 Å². The van der Waals surface area contributed by atoms with E-state index in [1.54, 1.807) is 6.92 Å². The van der Waals surface area contributed by atoms with Crippen LogP contribution in [0.2, 0.25) is 4.34 Å². The second-order valence-electron chi connectivity index (χ2n) is 2.39. The molecule has 1 atom stereocenters. The van der Waals surface area contributed by atoms with Crippen LogP contribution in [0.3, 0.4) is 0 Å². The second-order valence-corrected chi connectivity index (χ2v) is 4.98. The molecule has 1 heterocycles. The smallest absolute Gasteiger partial charge is 0.107 e. The molecular weight excluding hydrogens is 248 g/mol. The lowest BCUT2D eigenvalue weighted by Gasteiger charge is -1.98. The van der Waals surface area contributed by atoms with Crippen molar-refractivity contribution < 1.29 is 5.11 Å². The summed E-state index contributed by atoms with van der Waals surface area (Å²) >= 11 is 10.6. The maximum Gasteiger partial charge on any atom is 0.107 e. The van der Waals surface area contributed by atoms with Gasteiger partial charge in [0, 0.05) is 15.8 Å². The Morgan fingerprint density at radius 1 is 1.82 bits per heavy atom. The number of rotatable bonds is 2. The predicted octanol–water partition coefficient (Wildman–Crippen LogP) is 3.09. The number of hydrogen-bond acceptors (Lipinski definition) is 2. The Labute approximate surface area is 83.1 Å². The van der Waals surface area contributed by atoms with Gasteiger partial charge in [-0.15, -0.1) is 11.3 Å². The summed E-state index contributed by atoms with van der Waals surface area (Å²) < 4.78 is 1.67. The molecule has 0 fully saturated rings. The van der Waals surface area contributed by atoms with Gasteiger partial charge in [0.15, 0.2) is 0 Å². The lowest BCUT2D eigenvalue weighted by Crippen LogP contribution is -2.01. The van der Waals surface area contributed by atoms with Crippen molar-refractivity contribution in [3.63, 3.8) is 0 Å². The lowest BCUT2D eigenvalue weighted by molar-refractivity contribution is 0.196. The van der Waals surface area contributed by atoms with Crippen LogP contribution in [0.1, 0.15) is 11.8 Å². The largest absolute Gasteiger partial charge is 0.393 e. The third kappa shape index (κ3) is 2.75. The second kappa shape index (κ2) is 3.90. The standard InChI is InChI=1S/C7H8BrClOS/c1-4(10)2-5-3-6(8)7(9)11-5/h3-4,10H,2H2,1H3/t4-/m0/s1. The molecule has 62 valence electrons. The lowest BCUT2D eigenvalue weighted by atomic mass is 10.2. The average molecular weight is 256 g/mol. The number of hydrogen-bond donors (Lipinski definition) is 1. The van der Waals surface area contributed by atoms with Gasteiger partial charge in [0.25, 0.3) is 0 Å². The molecule has 0 spiro atoms. The van der Waals surface area contributed by atoms with Crippen LogP contribution < -0.4 is 0 Å². The minimum absolute atomic E-state index is 0.295. The number of halogens is 2. The van der Waals surface area contributed by atoms with Crippen LogP contribution in [0.5, 0.6) is 0 Å². The Morgan fingerprint density at radius 3 is 2.82 bits per heavy atom. The van der Waals surface area contributed by atoms with E-state index in [-0.39, 0.29) is 6.10 Å². The van der Waals surface area contributed by atoms with E-state index in [9.17, 15) is 0 Å². The summed E-state index contributed by atoms with van der Waals surface area (Å²) in [6.45, 7) is 1.77. The Morgan fingerprint density at radius 2 is 2.45 bits per heavy atom. The Balaban J connectivity index is 2.73. The summed E-state index contributed by atoms with van der Waals surface area (Å²) in [5, 5.41) is 9.05. The quantitative estimate of drug-likeness (QED) is 0.861. The van der Waals surface area contributed by atoms with Gasteiger partial charge in [-0.05, 0) is 28.9 Å². The number of aliphatic hydroxyl groups excluding tert-OH is 1. The first-order valence-corrected chi connectivity index (χ1v) is 5.20. The van der Waals surface area contributed by atoms with Crippen LogP contribution in [-0.4, -0.2) is 11.2 Å². The van der Waals surface area contributed by atoms with Gasteiger partial charge in [-0.3, -0.25) is 0 Å². The van der Waals surface area contributed by atoms with E-state index in [1.165, 1.54) is 11.3 Å². The fourth-order valence-corrected chi connectivity index (χ4v) is 2.69. The third-order valence-corrected chi connectivity index (χ3v) is 3.69. The van der Waals surface area contributed by atoms with Gasteiger partial charge < -0.3 is 5.11 Å². The van der Waals surface area contributed by atoms with Crippen molar-refractivity contribution >= 4 is 38.9 Å². The molecule has 11 heavy (non-hydrogen) atoms.